The lowest BCUT2D eigenvalue weighted by molar-refractivity contribution is 0.102. The van der Waals surface area contributed by atoms with E-state index >= 15 is 0 Å². The molecule has 192 valence electrons. The molecular formula is C27H23BrClN7O2. The fourth-order valence-corrected chi connectivity index (χ4v) is 4.88. The van der Waals surface area contributed by atoms with Gasteiger partial charge in [0.25, 0.3) is 0 Å². The number of tetrazole rings is 1. The van der Waals surface area contributed by atoms with Gasteiger partial charge in [-0.15, -0.1) is 10.2 Å². The summed E-state index contributed by atoms with van der Waals surface area (Å²) in [4.78, 5) is 22.3. The van der Waals surface area contributed by atoms with Gasteiger partial charge in [0.15, 0.2) is 10.8 Å². The Labute approximate surface area is 232 Å². The van der Waals surface area contributed by atoms with Crippen LogP contribution in [-0.4, -0.2) is 46.0 Å². The van der Waals surface area contributed by atoms with Crippen molar-refractivity contribution in [1.29, 1.82) is 0 Å². The van der Waals surface area contributed by atoms with Crippen molar-refractivity contribution in [3.63, 3.8) is 0 Å². The molecule has 38 heavy (non-hydrogen) atoms. The molecule has 0 unspecified atom stereocenters. The summed E-state index contributed by atoms with van der Waals surface area (Å²) in [5.41, 5.74) is 3.72. The highest BCUT2D eigenvalue weighted by atomic mass is 79.9. The van der Waals surface area contributed by atoms with E-state index in [9.17, 15) is 9.90 Å². The highest BCUT2D eigenvalue weighted by Gasteiger charge is 2.27. The molecule has 0 fully saturated rings. The van der Waals surface area contributed by atoms with Gasteiger partial charge in [-0.2, -0.15) is 5.21 Å². The van der Waals surface area contributed by atoms with Crippen molar-refractivity contribution in [3.05, 3.63) is 93.2 Å². The third-order valence-electron chi connectivity index (χ3n) is 6.12. The van der Waals surface area contributed by atoms with Gasteiger partial charge in [0.05, 0.1) is 0 Å². The molecule has 3 aromatic heterocycles. The Kier molecular flexibility index (Phi) is 7.62. The van der Waals surface area contributed by atoms with E-state index in [-0.39, 0.29) is 22.3 Å². The first-order valence-electron chi connectivity index (χ1n) is 12.0. The summed E-state index contributed by atoms with van der Waals surface area (Å²) in [6, 6.07) is 18.9. The molecule has 0 aliphatic rings. The number of carbonyl (C=O) groups excluding carboxylic acids is 1. The molecule has 0 aliphatic heterocycles. The quantitative estimate of drug-likeness (QED) is 0.162. The van der Waals surface area contributed by atoms with E-state index in [2.05, 4.69) is 53.4 Å². The van der Waals surface area contributed by atoms with Crippen LogP contribution in [-0.2, 0) is 13.0 Å². The summed E-state index contributed by atoms with van der Waals surface area (Å²) in [5, 5.41) is 25.1. The molecular weight excluding hydrogens is 570 g/mol. The minimum atomic E-state index is -0.511. The predicted molar refractivity (Wildman–Crippen MR) is 147 cm³/mol. The highest BCUT2D eigenvalue weighted by molar-refractivity contribution is 9.10. The fourth-order valence-electron chi connectivity index (χ4n) is 4.29. The van der Waals surface area contributed by atoms with Crippen LogP contribution < -0.4 is 0 Å². The number of H-pyrrole nitrogens is 1. The molecule has 9 nitrogen and oxygen atoms in total. The lowest BCUT2D eigenvalue weighted by Crippen LogP contribution is -2.15. The van der Waals surface area contributed by atoms with Gasteiger partial charge in [-0.25, -0.2) is 9.97 Å². The number of rotatable bonds is 9. The number of aromatic hydroxyl groups is 1. The third kappa shape index (κ3) is 5.23. The number of nitrogens with zero attached hydrogens (tertiary/aromatic N) is 6. The van der Waals surface area contributed by atoms with E-state index in [0.29, 0.717) is 29.2 Å². The van der Waals surface area contributed by atoms with Crippen molar-refractivity contribution >= 4 is 33.3 Å². The van der Waals surface area contributed by atoms with Crippen LogP contribution in [0.5, 0.6) is 5.75 Å². The molecule has 0 aliphatic carbocycles. The highest BCUT2D eigenvalue weighted by Crippen LogP contribution is 2.32. The Bertz CT molecular complexity index is 1590. The molecule has 5 aromatic rings. The van der Waals surface area contributed by atoms with Crippen LogP contribution in [0.15, 0.2) is 65.3 Å². The van der Waals surface area contributed by atoms with E-state index in [1.165, 1.54) is 6.07 Å². The van der Waals surface area contributed by atoms with Crippen molar-refractivity contribution < 1.29 is 9.90 Å². The number of aryl methyl sites for hydroxylation is 1. The van der Waals surface area contributed by atoms with Crippen LogP contribution >= 0.6 is 27.5 Å². The second kappa shape index (κ2) is 11.2. The smallest absolute Gasteiger partial charge is 0.234 e. The predicted octanol–water partition coefficient (Wildman–Crippen LogP) is 5.87. The molecule has 0 saturated heterocycles. The first kappa shape index (κ1) is 25.7. The zero-order valence-corrected chi connectivity index (χ0v) is 22.7. The number of halogens is 2. The van der Waals surface area contributed by atoms with Crippen molar-refractivity contribution in [2.24, 2.45) is 0 Å². The number of carbonyl (C=O) groups is 1. The Morgan fingerprint density at radius 3 is 2.63 bits per heavy atom. The minimum absolute atomic E-state index is 0.0709. The van der Waals surface area contributed by atoms with Crippen LogP contribution in [0.4, 0.5) is 0 Å². The molecule has 3 heterocycles. The van der Waals surface area contributed by atoms with E-state index in [1.807, 2.05) is 48.5 Å². The number of hydrogen-bond acceptors (Lipinski definition) is 7. The number of unbranched alkanes of at least 4 members (excludes halogenated alkanes) is 1. The van der Waals surface area contributed by atoms with Crippen molar-refractivity contribution in [2.75, 3.05) is 0 Å². The maximum absolute atomic E-state index is 13.6. The van der Waals surface area contributed by atoms with Crippen LogP contribution in [0.3, 0.4) is 0 Å². The SMILES string of the molecule is CCCCc1nc(Cl)c(C(=O)c2nc(Br)ccc2O)n1Cc1ccc(-c2ccccc2)c(-c2nn[nH]n2)c1. The lowest BCUT2D eigenvalue weighted by Gasteiger charge is -2.14. The first-order chi connectivity index (χ1) is 18.5. The molecule has 2 N–H and O–H groups in total. The normalized spacial score (nSPS) is 11.1. The molecule has 2 aromatic carbocycles. The summed E-state index contributed by atoms with van der Waals surface area (Å²) < 4.78 is 2.23. The Hall–Kier alpha value is -3.89. The summed E-state index contributed by atoms with van der Waals surface area (Å²) in [6.07, 6.45) is 2.47. The average Bonchev–Trinajstić information content (AvgIpc) is 3.57. The van der Waals surface area contributed by atoms with Crippen molar-refractivity contribution in [2.45, 2.75) is 32.7 Å². The van der Waals surface area contributed by atoms with Gasteiger partial charge < -0.3 is 9.67 Å². The van der Waals surface area contributed by atoms with Gasteiger partial charge in [0.1, 0.15) is 21.9 Å². The number of imidazole rings is 1. The van der Waals surface area contributed by atoms with Gasteiger partial charge in [-0.05, 0) is 62.5 Å². The molecule has 0 atom stereocenters. The molecule has 11 heteroatoms. The van der Waals surface area contributed by atoms with Gasteiger partial charge in [0.2, 0.25) is 11.6 Å². The topological polar surface area (TPSA) is 122 Å². The molecule has 0 bridgehead atoms. The van der Waals surface area contributed by atoms with Crippen molar-refractivity contribution in [3.8, 4) is 28.3 Å². The number of aromatic amines is 1. The second-order valence-corrected chi connectivity index (χ2v) is 9.84. The van der Waals surface area contributed by atoms with E-state index < -0.39 is 5.78 Å². The average molecular weight is 593 g/mol. The van der Waals surface area contributed by atoms with E-state index in [1.54, 1.807) is 10.6 Å². The Morgan fingerprint density at radius 2 is 1.89 bits per heavy atom. The number of aromatic nitrogens is 7. The lowest BCUT2D eigenvalue weighted by atomic mass is 9.97. The van der Waals surface area contributed by atoms with Crippen molar-refractivity contribution in [1.82, 2.24) is 35.2 Å². The van der Waals surface area contributed by atoms with Crippen LogP contribution in [0.1, 0.15) is 47.3 Å². The summed E-state index contributed by atoms with van der Waals surface area (Å²) in [6.45, 7) is 2.40. The van der Waals surface area contributed by atoms with Gasteiger partial charge >= 0.3 is 0 Å². The minimum Gasteiger partial charge on any atom is -0.506 e. The van der Waals surface area contributed by atoms with Gasteiger partial charge in [-0.3, -0.25) is 4.79 Å². The van der Waals surface area contributed by atoms with Gasteiger partial charge in [0, 0.05) is 18.5 Å². The Morgan fingerprint density at radius 1 is 1.08 bits per heavy atom. The van der Waals surface area contributed by atoms with Crippen LogP contribution in [0, 0.1) is 0 Å². The molecule has 0 saturated carbocycles. The van der Waals surface area contributed by atoms with E-state index in [0.717, 1.165) is 35.1 Å². The number of pyridine rings is 1. The number of ketones is 1. The number of nitrogens with one attached hydrogen (secondary N) is 1. The van der Waals surface area contributed by atoms with Crippen LogP contribution in [0.25, 0.3) is 22.5 Å². The standard InChI is InChI=1S/C27H23BrClN7O2/c1-2-3-9-22-31-26(29)24(25(38)23-20(37)12-13-21(28)30-23)36(22)15-16-10-11-18(17-7-5-4-6-8-17)19(14-16)27-32-34-35-33-27/h4-8,10-14,37H,2-3,9,15H2,1H3,(H,32,33,34,35). The third-order valence-corrected chi connectivity index (χ3v) is 6.83. The number of benzene rings is 2. The zero-order valence-electron chi connectivity index (χ0n) is 20.4. The molecule has 0 spiro atoms. The molecule has 0 radical (unpaired) electrons. The molecule has 5 rings (SSSR count). The largest absolute Gasteiger partial charge is 0.506 e. The summed E-state index contributed by atoms with van der Waals surface area (Å²) in [5.74, 6) is 0.398. The summed E-state index contributed by atoms with van der Waals surface area (Å²) >= 11 is 9.81. The maximum Gasteiger partial charge on any atom is 0.234 e. The second-order valence-electron chi connectivity index (χ2n) is 8.67. The van der Waals surface area contributed by atoms with E-state index in [4.69, 9.17) is 11.6 Å². The molecule has 0 amide bonds. The Balaban J connectivity index is 1.61. The zero-order chi connectivity index (χ0) is 26.6. The summed E-state index contributed by atoms with van der Waals surface area (Å²) in [7, 11) is 0. The monoisotopic (exact) mass is 591 g/mol. The van der Waals surface area contributed by atoms with Gasteiger partial charge in [-0.1, -0.05) is 67.4 Å². The fraction of sp³-hybridized carbons (Fsp3) is 0.185. The first-order valence-corrected chi connectivity index (χ1v) is 13.2. The van der Waals surface area contributed by atoms with Crippen LogP contribution in [0.2, 0.25) is 5.15 Å². The number of hydrogen-bond donors (Lipinski definition) is 2. The maximum atomic E-state index is 13.6.